The van der Waals surface area contributed by atoms with Gasteiger partial charge in [0, 0.05) is 42.8 Å². The Kier molecular flexibility index (Phi) is 3.92. The number of nitrogens with zero attached hydrogens (tertiary/aromatic N) is 4. The van der Waals surface area contributed by atoms with Gasteiger partial charge in [-0.05, 0) is 32.4 Å². The number of likely N-dealkylation sites (tertiary alicyclic amines) is 1. The van der Waals surface area contributed by atoms with Crippen LogP contribution >= 0.6 is 0 Å². The van der Waals surface area contributed by atoms with Gasteiger partial charge >= 0.3 is 0 Å². The molecular weight excluding hydrogens is 252 g/mol. The summed E-state index contributed by atoms with van der Waals surface area (Å²) in [4.78, 5) is 10.9. The predicted octanol–water partition coefficient (Wildman–Crippen LogP) is 1.58. The maximum Gasteiger partial charge on any atom is 0.222 e. The van der Waals surface area contributed by atoms with E-state index in [1.54, 1.807) is 12.4 Å². The van der Waals surface area contributed by atoms with Crippen molar-refractivity contribution in [2.24, 2.45) is 0 Å². The first-order valence-corrected chi connectivity index (χ1v) is 7.06. The third-order valence-corrected chi connectivity index (χ3v) is 3.73. The highest BCUT2D eigenvalue weighted by atomic mass is 15.2. The van der Waals surface area contributed by atoms with E-state index in [0.29, 0.717) is 6.04 Å². The highest BCUT2D eigenvalue weighted by Gasteiger charge is 2.21. The van der Waals surface area contributed by atoms with E-state index in [0.717, 1.165) is 31.3 Å². The highest BCUT2D eigenvalue weighted by Crippen LogP contribution is 2.16. The molecule has 1 fully saturated rings. The average Bonchev–Trinajstić information content (AvgIpc) is 2.86. The number of anilines is 1. The van der Waals surface area contributed by atoms with Gasteiger partial charge in [0.05, 0.1) is 6.20 Å². The number of hydrogen-bond donors (Lipinski definition) is 2. The van der Waals surface area contributed by atoms with Crippen LogP contribution in [0.2, 0.25) is 0 Å². The smallest absolute Gasteiger partial charge is 0.222 e. The van der Waals surface area contributed by atoms with Gasteiger partial charge in [0.25, 0.3) is 0 Å². The van der Waals surface area contributed by atoms with E-state index >= 15 is 0 Å². The first-order chi connectivity index (χ1) is 9.81. The lowest BCUT2D eigenvalue weighted by atomic mass is 10.1. The number of aryl methyl sites for hydroxylation is 1. The maximum atomic E-state index is 4.23. The standard InChI is InChI=1S/C14H20N6/c1-11-12(8-17-19-11)9-20-7-2-4-13(10-20)18-14-15-5-3-6-16-14/h3,5-6,8,13H,2,4,7,9-10H2,1H3,(H,17,19)(H,15,16,18). The summed E-state index contributed by atoms with van der Waals surface area (Å²) in [6.45, 7) is 5.18. The molecule has 0 bridgehead atoms. The summed E-state index contributed by atoms with van der Waals surface area (Å²) < 4.78 is 0. The lowest BCUT2D eigenvalue weighted by molar-refractivity contribution is 0.208. The quantitative estimate of drug-likeness (QED) is 0.884. The van der Waals surface area contributed by atoms with Crippen molar-refractivity contribution in [1.29, 1.82) is 0 Å². The molecular formula is C14H20N6. The number of aromatic amines is 1. The summed E-state index contributed by atoms with van der Waals surface area (Å²) >= 11 is 0. The lowest BCUT2D eigenvalue weighted by Crippen LogP contribution is -2.41. The van der Waals surface area contributed by atoms with Crippen LogP contribution in [0, 0.1) is 6.92 Å². The van der Waals surface area contributed by atoms with Crippen molar-refractivity contribution in [3.63, 3.8) is 0 Å². The Morgan fingerprint density at radius 3 is 3.00 bits per heavy atom. The Hall–Kier alpha value is -1.95. The van der Waals surface area contributed by atoms with Crippen LogP contribution in [0.5, 0.6) is 0 Å². The first-order valence-electron chi connectivity index (χ1n) is 7.06. The summed E-state index contributed by atoms with van der Waals surface area (Å²) in [6.07, 6.45) is 7.82. The van der Waals surface area contributed by atoms with Gasteiger partial charge in [-0.25, -0.2) is 9.97 Å². The number of rotatable bonds is 4. The fourth-order valence-corrected chi connectivity index (χ4v) is 2.65. The number of nitrogens with one attached hydrogen (secondary N) is 2. The molecule has 1 unspecified atom stereocenters. The Labute approximate surface area is 118 Å². The summed E-state index contributed by atoms with van der Waals surface area (Å²) in [5.74, 6) is 0.721. The van der Waals surface area contributed by atoms with Gasteiger partial charge in [0.2, 0.25) is 5.95 Å². The minimum Gasteiger partial charge on any atom is -0.350 e. The molecule has 2 aromatic rings. The number of H-pyrrole nitrogens is 1. The van der Waals surface area contributed by atoms with Gasteiger partial charge in [-0.2, -0.15) is 5.10 Å². The lowest BCUT2D eigenvalue weighted by Gasteiger charge is -2.33. The van der Waals surface area contributed by atoms with Crippen LogP contribution in [0.15, 0.2) is 24.7 Å². The van der Waals surface area contributed by atoms with Crippen molar-refractivity contribution in [2.45, 2.75) is 32.4 Å². The number of piperidine rings is 1. The SMILES string of the molecule is Cc1[nH]ncc1CN1CCCC(Nc2ncccn2)C1. The van der Waals surface area contributed by atoms with Crippen molar-refractivity contribution in [1.82, 2.24) is 25.1 Å². The minimum atomic E-state index is 0.415. The van der Waals surface area contributed by atoms with Crippen LogP contribution < -0.4 is 5.32 Å². The Balaban J connectivity index is 1.58. The minimum absolute atomic E-state index is 0.415. The van der Waals surface area contributed by atoms with Crippen molar-refractivity contribution in [3.8, 4) is 0 Å². The average molecular weight is 272 g/mol. The largest absolute Gasteiger partial charge is 0.350 e. The fraction of sp³-hybridized carbons (Fsp3) is 0.500. The molecule has 0 aromatic carbocycles. The van der Waals surface area contributed by atoms with E-state index < -0.39 is 0 Å². The van der Waals surface area contributed by atoms with Crippen molar-refractivity contribution in [3.05, 3.63) is 35.9 Å². The fourth-order valence-electron chi connectivity index (χ4n) is 2.65. The van der Waals surface area contributed by atoms with Crippen LogP contribution in [-0.4, -0.2) is 44.2 Å². The van der Waals surface area contributed by atoms with Gasteiger partial charge in [-0.3, -0.25) is 10.00 Å². The van der Waals surface area contributed by atoms with Crippen LogP contribution in [0.25, 0.3) is 0 Å². The van der Waals surface area contributed by atoms with E-state index in [1.807, 2.05) is 12.3 Å². The molecule has 0 spiro atoms. The molecule has 0 radical (unpaired) electrons. The molecule has 0 aliphatic carbocycles. The molecule has 1 saturated heterocycles. The van der Waals surface area contributed by atoms with Gasteiger partial charge in [0.15, 0.2) is 0 Å². The van der Waals surface area contributed by atoms with Gasteiger partial charge < -0.3 is 5.32 Å². The Bertz CT molecular complexity index is 538. The summed E-state index contributed by atoms with van der Waals surface area (Å²) in [6, 6.07) is 2.25. The third kappa shape index (κ3) is 3.14. The molecule has 6 nitrogen and oxygen atoms in total. The maximum absolute atomic E-state index is 4.23. The molecule has 3 heterocycles. The molecule has 106 valence electrons. The molecule has 1 aliphatic rings. The van der Waals surface area contributed by atoms with Gasteiger partial charge in [0.1, 0.15) is 0 Å². The molecule has 20 heavy (non-hydrogen) atoms. The predicted molar refractivity (Wildman–Crippen MR) is 77.3 cm³/mol. The molecule has 0 amide bonds. The second-order valence-corrected chi connectivity index (χ2v) is 5.31. The molecule has 2 N–H and O–H groups in total. The van der Waals surface area contributed by atoms with E-state index in [2.05, 4.69) is 37.3 Å². The topological polar surface area (TPSA) is 69.7 Å². The first kappa shape index (κ1) is 13.1. The van der Waals surface area contributed by atoms with Crippen molar-refractivity contribution < 1.29 is 0 Å². The number of aromatic nitrogens is 4. The summed E-state index contributed by atoms with van der Waals surface area (Å²) in [5, 5.41) is 10.5. The molecule has 1 atom stereocenters. The van der Waals surface area contributed by atoms with Crippen molar-refractivity contribution in [2.75, 3.05) is 18.4 Å². The molecule has 0 saturated carbocycles. The van der Waals surface area contributed by atoms with Crippen LogP contribution in [0.1, 0.15) is 24.1 Å². The van der Waals surface area contributed by atoms with E-state index in [4.69, 9.17) is 0 Å². The zero-order chi connectivity index (χ0) is 13.8. The summed E-state index contributed by atoms with van der Waals surface area (Å²) in [7, 11) is 0. The number of hydrogen-bond acceptors (Lipinski definition) is 5. The van der Waals surface area contributed by atoms with Crippen LogP contribution in [-0.2, 0) is 6.54 Å². The zero-order valence-electron chi connectivity index (χ0n) is 11.7. The van der Waals surface area contributed by atoms with E-state index in [1.165, 1.54) is 18.4 Å². The molecule has 3 rings (SSSR count). The van der Waals surface area contributed by atoms with Crippen LogP contribution in [0.4, 0.5) is 5.95 Å². The van der Waals surface area contributed by atoms with Crippen molar-refractivity contribution >= 4 is 5.95 Å². The Morgan fingerprint density at radius 2 is 2.25 bits per heavy atom. The summed E-state index contributed by atoms with van der Waals surface area (Å²) in [5.41, 5.74) is 2.44. The monoisotopic (exact) mass is 272 g/mol. The third-order valence-electron chi connectivity index (χ3n) is 3.73. The van der Waals surface area contributed by atoms with Gasteiger partial charge in [-0.15, -0.1) is 0 Å². The second-order valence-electron chi connectivity index (χ2n) is 5.31. The highest BCUT2D eigenvalue weighted by molar-refractivity contribution is 5.24. The molecule has 2 aromatic heterocycles. The molecule has 1 aliphatic heterocycles. The molecule has 6 heteroatoms. The Morgan fingerprint density at radius 1 is 1.40 bits per heavy atom. The van der Waals surface area contributed by atoms with E-state index in [-0.39, 0.29) is 0 Å². The second kappa shape index (κ2) is 6.00. The normalized spacial score (nSPS) is 19.9. The van der Waals surface area contributed by atoms with E-state index in [9.17, 15) is 0 Å². The van der Waals surface area contributed by atoms with Crippen LogP contribution in [0.3, 0.4) is 0 Å². The van der Waals surface area contributed by atoms with Gasteiger partial charge in [-0.1, -0.05) is 0 Å². The zero-order valence-corrected chi connectivity index (χ0v) is 11.7.